The Balaban J connectivity index is 1.94. The van der Waals surface area contributed by atoms with Crippen LogP contribution in [0.25, 0.3) is 0 Å². The molecule has 0 aliphatic rings. The quantitative estimate of drug-likeness (QED) is 0.584. The van der Waals surface area contributed by atoms with Crippen molar-refractivity contribution in [1.29, 1.82) is 0 Å². The van der Waals surface area contributed by atoms with E-state index < -0.39 is 51.5 Å². The van der Waals surface area contributed by atoms with Crippen LogP contribution < -0.4 is 10.0 Å². The smallest absolute Gasteiger partial charge is 0.253 e. The van der Waals surface area contributed by atoms with E-state index in [-0.39, 0.29) is 6.54 Å². The number of anilines is 1. The van der Waals surface area contributed by atoms with E-state index in [1.54, 1.807) is 30.3 Å². The highest BCUT2D eigenvalue weighted by Gasteiger charge is 2.21. The maximum absolute atomic E-state index is 13.4. The Morgan fingerprint density at radius 2 is 1.54 bits per heavy atom. The third kappa shape index (κ3) is 4.65. The number of pyridine rings is 1. The third-order valence-corrected chi connectivity index (χ3v) is 4.33. The van der Waals surface area contributed by atoms with Crippen LogP contribution in [0.2, 0.25) is 0 Å². The normalized spacial score (nSPS) is 11.5. The SMILES string of the molecule is O=S(=O)(CCNc1c(F)c(F)nc(F)c1F)NCc1ccccc1. The third-order valence-electron chi connectivity index (χ3n) is 3.01. The molecule has 0 aliphatic heterocycles. The molecule has 0 fully saturated rings. The zero-order valence-electron chi connectivity index (χ0n) is 12.2. The average molecular weight is 363 g/mol. The van der Waals surface area contributed by atoms with Crippen molar-refractivity contribution in [3.05, 3.63) is 59.4 Å². The molecule has 0 aliphatic carbocycles. The first-order valence-corrected chi connectivity index (χ1v) is 8.40. The minimum atomic E-state index is -3.76. The van der Waals surface area contributed by atoms with E-state index in [0.29, 0.717) is 0 Å². The molecule has 2 rings (SSSR count). The molecule has 2 N–H and O–H groups in total. The van der Waals surface area contributed by atoms with Crippen molar-refractivity contribution in [2.75, 3.05) is 17.6 Å². The predicted molar refractivity (Wildman–Crippen MR) is 79.6 cm³/mol. The maximum atomic E-state index is 13.4. The monoisotopic (exact) mass is 363 g/mol. The average Bonchev–Trinajstić information content (AvgIpc) is 2.55. The topological polar surface area (TPSA) is 71.1 Å². The van der Waals surface area contributed by atoms with Gasteiger partial charge >= 0.3 is 0 Å². The van der Waals surface area contributed by atoms with Gasteiger partial charge in [-0.2, -0.15) is 22.5 Å². The van der Waals surface area contributed by atoms with Crippen LogP contribution in [0.1, 0.15) is 5.56 Å². The summed E-state index contributed by atoms with van der Waals surface area (Å²) in [6.07, 6.45) is 0. The number of hydrogen-bond acceptors (Lipinski definition) is 4. The zero-order valence-corrected chi connectivity index (χ0v) is 13.0. The molecule has 1 aromatic heterocycles. The fourth-order valence-corrected chi connectivity index (χ4v) is 2.72. The van der Waals surface area contributed by atoms with Crippen molar-refractivity contribution in [2.24, 2.45) is 0 Å². The zero-order chi connectivity index (χ0) is 17.7. The Morgan fingerprint density at radius 3 is 2.12 bits per heavy atom. The number of benzene rings is 1. The van der Waals surface area contributed by atoms with Crippen LogP contribution >= 0.6 is 0 Å². The van der Waals surface area contributed by atoms with Gasteiger partial charge in [-0.15, -0.1) is 0 Å². The molecular weight excluding hydrogens is 350 g/mol. The first kappa shape index (κ1) is 18.1. The van der Waals surface area contributed by atoms with Gasteiger partial charge in [-0.25, -0.2) is 13.1 Å². The molecule has 1 aromatic carbocycles. The van der Waals surface area contributed by atoms with Crippen LogP contribution in [0.15, 0.2) is 30.3 Å². The number of aromatic nitrogens is 1. The second-order valence-corrected chi connectivity index (χ2v) is 6.68. The standard InChI is InChI=1S/C14H13F4N3O2S/c15-10-12(11(16)14(18)21-13(10)17)19-6-7-24(22,23)20-8-9-4-2-1-3-5-9/h1-5,20H,6-8H2,(H,19,21). The summed E-state index contributed by atoms with van der Waals surface area (Å²) in [6, 6.07) is 8.69. The number of nitrogens with zero attached hydrogens (tertiary/aromatic N) is 1. The molecule has 2 aromatic rings. The van der Waals surface area contributed by atoms with Crippen LogP contribution in [0.4, 0.5) is 23.2 Å². The second-order valence-electron chi connectivity index (χ2n) is 4.75. The van der Waals surface area contributed by atoms with E-state index in [1.807, 2.05) is 5.32 Å². The van der Waals surface area contributed by atoms with Crippen molar-refractivity contribution in [3.63, 3.8) is 0 Å². The summed E-state index contributed by atoms with van der Waals surface area (Å²) in [7, 11) is -3.76. The number of nitrogens with one attached hydrogen (secondary N) is 2. The van der Waals surface area contributed by atoms with E-state index in [0.717, 1.165) is 5.56 Å². The fraction of sp³-hybridized carbons (Fsp3) is 0.214. The summed E-state index contributed by atoms with van der Waals surface area (Å²) < 4.78 is 78.5. The Hall–Kier alpha value is -2.20. The highest BCUT2D eigenvalue weighted by atomic mass is 32.2. The Labute approximate surface area is 135 Å². The molecule has 130 valence electrons. The maximum Gasteiger partial charge on any atom is 0.253 e. The van der Waals surface area contributed by atoms with E-state index >= 15 is 0 Å². The van der Waals surface area contributed by atoms with Crippen molar-refractivity contribution < 1.29 is 26.0 Å². The molecule has 0 spiro atoms. The van der Waals surface area contributed by atoms with Crippen molar-refractivity contribution >= 4 is 15.7 Å². The Bertz CT molecular complexity index is 790. The van der Waals surface area contributed by atoms with Crippen LogP contribution in [0.3, 0.4) is 0 Å². The summed E-state index contributed by atoms with van der Waals surface area (Å²) in [5.41, 5.74) is -0.373. The highest BCUT2D eigenvalue weighted by molar-refractivity contribution is 7.89. The van der Waals surface area contributed by atoms with Gasteiger partial charge in [0.1, 0.15) is 5.69 Å². The second kappa shape index (κ2) is 7.58. The van der Waals surface area contributed by atoms with Gasteiger partial charge in [0.05, 0.1) is 5.75 Å². The van der Waals surface area contributed by atoms with Crippen molar-refractivity contribution in [2.45, 2.75) is 6.54 Å². The highest BCUT2D eigenvalue weighted by Crippen LogP contribution is 2.21. The van der Waals surface area contributed by atoms with Gasteiger partial charge in [0.2, 0.25) is 21.7 Å². The van der Waals surface area contributed by atoms with Crippen LogP contribution in [0, 0.1) is 23.5 Å². The molecule has 0 amide bonds. The molecule has 10 heteroatoms. The molecule has 0 radical (unpaired) electrons. The molecule has 24 heavy (non-hydrogen) atoms. The summed E-state index contributed by atoms with van der Waals surface area (Å²) in [6.45, 7) is -0.411. The van der Waals surface area contributed by atoms with Gasteiger partial charge in [-0.1, -0.05) is 30.3 Å². The van der Waals surface area contributed by atoms with E-state index in [2.05, 4.69) is 9.71 Å². The lowest BCUT2D eigenvalue weighted by Crippen LogP contribution is -2.29. The lowest BCUT2D eigenvalue weighted by molar-refractivity contribution is 0.411. The minimum Gasteiger partial charge on any atom is -0.379 e. The van der Waals surface area contributed by atoms with Gasteiger partial charge in [-0.3, -0.25) is 0 Å². The molecule has 0 unspecified atom stereocenters. The van der Waals surface area contributed by atoms with Crippen molar-refractivity contribution in [3.8, 4) is 0 Å². The Kier molecular flexibility index (Phi) is 5.73. The lowest BCUT2D eigenvalue weighted by Gasteiger charge is -2.10. The van der Waals surface area contributed by atoms with E-state index in [1.165, 1.54) is 0 Å². The van der Waals surface area contributed by atoms with Gasteiger partial charge in [-0.05, 0) is 5.56 Å². The summed E-state index contributed by atoms with van der Waals surface area (Å²) in [5.74, 6) is -7.63. The molecule has 0 saturated heterocycles. The molecule has 5 nitrogen and oxygen atoms in total. The van der Waals surface area contributed by atoms with Gasteiger partial charge in [0, 0.05) is 13.1 Å². The van der Waals surface area contributed by atoms with E-state index in [9.17, 15) is 26.0 Å². The van der Waals surface area contributed by atoms with Crippen LogP contribution in [-0.4, -0.2) is 25.7 Å². The molecule has 0 bridgehead atoms. The van der Waals surface area contributed by atoms with E-state index in [4.69, 9.17) is 0 Å². The van der Waals surface area contributed by atoms with Gasteiger partial charge < -0.3 is 5.32 Å². The van der Waals surface area contributed by atoms with Gasteiger partial charge in [0.25, 0.3) is 11.9 Å². The minimum absolute atomic E-state index is 0.0460. The summed E-state index contributed by atoms with van der Waals surface area (Å²) in [4.78, 5) is 2.40. The predicted octanol–water partition coefficient (Wildman–Crippen LogP) is 2.17. The Morgan fingerprint density at radius 1 is 0.958 bits per heavy atom. The molecular formula is C14H13F4N3O2S. The lowest BCUT2D eigenvalue weighted by atomic mass is 10.2. The largest absolute Gasteiger partial charge is 0.379 e. The van der Waals surface area contributed by atoms with Crippen LogP contribution in [-0.2, 0) is 16.6 Å². The number of sulfonamides is 1. The first-order chi connectivity index (χ1) is 11.3. The van der Waals surface area contributed by atoms with Gasteiger partial charge in [0.15, 0.2) is 0 Å². The molecule has 0 saturated carbocycles. The van der Waals surface area contributed by atoms with Crippen molar-refractivity contribution in [1.82, 2.24) is 9.71 Å². The number of halogens is 4. The van der Waals surface area contributed by atoms with Crippen LogP contribution in [0.5, 0.6) is 0 Å². The number of hydrogen-bond donors (Lipinski definition) is 2. The molecule has 1 heterocycles. The summed E-state index contributed by atoms with van der Waals surface area (Å²) >= 11 is 0. The summed E-state index contributed by atoms with van der Waals surface area (Å²) in [5, 5.41) is 2.03. The number of rotatable bonds is 7. The molecule has 0 atom stereocenters. The first-order valence-electron chi connectivity index (χ1n) is 6.75. The fourth-order valence-electron chi connectivity index (χ4n) is 1.81.